The number of fused-ring (bicyclic) bond motifs is 2. The van der Waals surface area contributed by atoms with Gasteiger partial charge in [-0.1, -0.05) is 6.07 Å². The van der Waals surface area contributed by atoms with Crippen molar-refractivity contribution in [1.82, 2.24) is 24.4 Å². The van der Waals surface area contributed by atoms with Crippen molar-refractivity contribution in [3.05, 3.63) is 54.2 Å². The van der Waals surface area contributed by atoms with Gasteiger partial charge in [0.15, 0.2) is 11.5 Å². The lowest BCUT2D eigenvalue weighted by Crippen LogP contribution is -2.45. The van der Waals surface area contributed by atoms with E-state index in [1.54, 1.807) is 6.20 Å². The van der Waals surface area contributed by atoms with Crippen molar-refractivity contribution < 1.29 is 14.3 Å². The van der Waals surface area contributed by atoms with Crippen molar-refractivity contribution in [2.75, 3.05) is 25.2 Å². The van der Waals surface area contributed by atoms with Crippen molar-refractivity contribution >= 4 is 22.9 Å². The van der Waals surface area contributed by atoms with Crippen LogP contribution in [0.5, 0.6) is 11.5 Å². The summed E-state index contributed by atoms with van der Waals surface area (Å²) in [4.78, 5) is 29.0. The zero-order valence-corrected chi connectivity index (χ0v) is 20.7. The van der Waals surface area contributed by atoms with Crippen LogP contribution in [-0.2, 0) is 4.79 Å². The fourth-order valence-corrected chi connectivity index (χ4v) is 5.26. The number of aryl methyl sites for hydroxylation is 1. The molecule has 0 radical (unpaired) electrons. The largest absolute Gasteiger partial charge is 0.454 e. The fourth-order valence-electron chi connectivity index (χ4n) is 5.26. The van der Waals surface area contributed by atoms with E-state index in [0.717, 1.165) is 71.8 Å². The van der Waals surface area contributed by atoms with Crippen LogP contribution in [0.2, 0.25) is 0 Å². The van der Waals surface area contributed by atoms with Gasteiger partial charge in [0.2, 0.25) is 18.6 Å². The Morgan fingerprint density at radius 2 is 1.92 bits per heavy atom. The molecule has 1 saturated carbocycles. The summed E-state index contributed by atoms with van der Waals surface area (Å²) < 4.78 is 13.2. The molecule has 0 unspecified atom stereocenters. The number of benzene rings is 2. The first-order chi connectivity index (χ1) is 18.1. The van der Waals surface area contributed by atoms with Gasteiger partial charge in [-0.25, -0.2) is 9.97 Å². The second-order valence-corrected chi connectivity index (χ2v) is 10.1. The van der Waals surface area contributed by atoms with Crippen LogP contribution in [0.3, 0.4) is 0 Å². The van der Waals surface area contributed by atoms with Gasteiger partial charge in [-0.15, -0.1) is 0 Å². The maximum atomic E-state index is 12.6. The minimum Gasteiger partial charge on any atom is -0.454 e. The van der Waals surface area contributed by atoms with Crippen molar-refractivity contribution in [2.45, 2.75) is 38.6 Å². The van der Waals surface area contributed by atoms with Gasteiger partial charge >= 0.3 is 0 Å². The predicted octanol–water partition coefficient (Wildman–Crippen LogP) is 4.33. The molecule has 9 heteroatoms. The molecule has 2 aliphatic heterocycles. The standard InChI is InChI=1S/C28H28N6O3/c1-17-4-8-21-22(13-17)34(26(31-21)19-7-9-23-24(14-19)37-16-36-23)25-10-11-29-28(32-25)30-20-3-2-12-33(15-20)27(35)18-5-6-18/h4,7-11,13-14,18,20H,2-3,5-6,12,15-16H2,1H3,(H,29,30,32)/t20-/m0/s1. The number of carbonyl (C=O) groups excluding carboxylic acids is 1. The van der Waals surface area contributed by atoms with Gasteiger partial charge in [-0.05, 0) is 74.6 Å². The van der Waals surface area contributed by atoms with Gasteiger partial charge in [-0.2, -0.15) is 4.98 Å². The Morgan fingerprint density at radius 1 is 1.03 bits per heavy atom. The molecule has 1 saturated heterocycles. The van der Waals surface area contributed by atoms with Crippen LogP contribution in [0.15, 0.2) is 48.7 Å². The highest BCUT2D eigenvalue weighted by molar-refractivity contribution is 5.84. The van der Waals surface area contributed by atoms with Crippen LogP contribution < -0.4 is 14.8 Å². The molecular formula is C28H28N6O3. The van der Waals surface area contributed by atoms with Crippen LogP contribution in [0.25, 0.3) is 28.2 Å². The number of rotatable bonds is 5. The molecule has 9 nitrogen and oxygen atoms in total. The molecule has 3 aliphatic rings. The Bertz CT molecular complexity index is 1510. The number of anilines is 1. The Labute approximate surface area is 214 Å². The monoisotopic (exact) mass is 496 g/mol. The second-order valence-electron chi connectivity index (χ2n) is 10.1. The lowest BCUT2D eigenvalue weighted by molar-refractivity contribution is -0.133. The predicted molar refractivity (Wildman–Crippen MR) is 139 cm³/mol. The summed E-state index contributed by atoms with van der Waals surface area (Å²) in [5.41, 5.74) is 3.90. The molecule has 4 aromatic rings. The highest BCUT2D eigenvalue weighted by Crippen LogP contribution is 2.37. The molecule has 0 spiro atoms. The minimum atomic E-state index is 0.127. The highest BCUT2D eigenvalue weighted by atomic mass is 16.7. The third kappa shape index (κ3) is 4.14. The first-order valence-corrected chi connectivity index (χ1v) is 12.9. The SMILES string of the molecule is Cc1ccc2nc(-c3ccc4c(c3)OCO4)n(-c3ccnc(N[C@H]4CCCN(C(=O)C5CC5)C4)n3)c2c1. The number of amides is 1. The second kappa shape index (κ2) is 8.76. The average molecular weight is 497 g/mol. The van der Waals surface area contributed by atoms with Crippen LogP contribution in [0.1, 0.15) is 31.2 Å². The molecule has 1 amide bonds. The summed E-state index contributed by atoms with van der Waals surface area (Å²) >= 11 is 0. The molecule has 2 fully saturated rings. The normalized spacial score (nSPS) is 18.8. The molecule has 4 heterocycles. The molecule has 1 atom stereocenters. The quantitative estimate of drug-likeness (QED) is 0.439. The third-order valence-corrected chi connectivity index (χ3v) is 7.30. The van der Waals surface area contributed by atoms with Gasteiger partial charge < -0.3 is 19.7 Å². The number of imidazole rings is 1. The molecule has 188 valence electrons. The van der Waals surface area contributed by atoms with E-state index in [4.69, 9.17) is 19.4 Å². The summed E-state index contributed by atoms with van der Waals surface area (Å²) in [5.74, 6) is 4.02. The number of aromatic nitrogens is 4. The molecule has 37 heavy (non-hydrogen) atoms. The average Bonchev–Trinajstić information content (AvgIpc) is 3.54. The Morgan fingerprint density at radius 3 is 2.81 bits per heavy atom. The maximum absolute atomic E-state index is 12.6. The van der Waals surface area contributed by atoms with Gasteiger partial charge in [0.05, 0.1) is 11.0 Å². The summed E-state index contributed by atoms with van der Waals surface area (Å²) in [5, 5.41) is 3.49. The lowest BCUT2D eigenvalue weighted by atomic mass is 10.1. The van der Waals surface area contributed by atoms with Crippen molar-refractivity contribution in [3.63, 3.8) is 0 Å². The first kappa shape index (κ1) is 22.1. The fraction of sp³-hybridized carbons (Fsp3) is 0.357. The third-order valence-electron chi connectivity index (χ3n) is 7.30. The summed E-state index contributed by atoms with van der Waals surface area (Å²) in [6.45, 7) is 3.83. The molecule has 1 aliphatic carbocycles. The zero-order valence-electron chi connectivity index (χ0n) is 20.7. The zero-order chi connectivity index (χ0) is 24.9. The maximum Gasteiger partial charge on any atom is 0.231 e. The van der Waals surface area contributed by atoms with Crippen LogP contribution in [-0.4, -0.2) is 56.3 Å². The minimum absolute atomic E-state index is 0.127. The number of hydrogen-bond donors (Lipinski definition) is 1. The number of hydrogen-bond acceptors (Lipinski definition) is 7. The summed E-state index contributed by atoms with van der Waals surface area (Å²) in [6.07, 6.45) is 5.80. The molecular weight excluding hydrogens is 468 g/mol. The van der Waals surface area contributed by atoms with Crippen molar-refractivity contribution in [1.29, 1.82) is 0 Å². The van der Waals surface area contributed by atoms with E-state index in [-0.39, 0.29) is 18.8 Å². The molecule has 2 aromatic carbocycles. The van der Waals surface area contributed by atoms with Crippen LogP contribution in [0.4, 0.5) is 5.95 Å². The number of nitrogens with one attached hydrogen (secondary N) is 1. The Balaban J connectivity index is 1.24. The Kier molecular flexibility index (Phi) is 5.23. The van der Waals surface area contributed by atoms with Crippen molar-refractivity contribution in [3.8, 4) is 28.7 Å². The molecule has 1 N–H and O–H groups in total. The van der Waals surface area contributed by atoms with E-state index in [0.29, 0.717) is 24.1 Å². The van der Waals surface area contributed by atoms with E-state index in [1.807, 2.05) is 35.2 Å². The van der Waals surface area contributed by atoms with Gasteiger partial charge in [0.1, 0.15) is 11.6 Å². The van der Waals surface area contributed by atoms with Gasteiger partial charge in [0.25, 0.3) is 0 Å². The van der Waals surface area contributed by atoms with Crippen molar-refractivity contribution in [2.24, 2.45) is 5.92 Å². The number of carbonyl (C=O) groups is 1. The van der Waals surface area contributed by atoms with Gasteiger partial charge in [0, 0.05) is 36.8 Å². The van der Waals surface area contributed by atoms with E-state index in [2.05, 4.69) is 33.9 Å². The van der Waals surface area contributed by atoms with Gasteiger partial charge in [-0.3, -0.25) is 9.36 Å². The van der Waals surface area contributed by atoms with Crippen LogP contribution in [0, 0.1) is 12.8 Å². The molecule has 2 aromatic heterocycles. The van der Waals surface area contributed by atoms with E-state index in [1.165, 1.54) is 0 Å². The summed E-state index contributed by atoms with van der Waals surface area (Å²) in [7, 11) is 0. The lowest BCUT2D eigenvalue weighted by Gasteiger charge is -2.33. The van der Waals surface area contributed by atoms with E-state index < -0.39 is 0 Å². The first-order valence-electron chi connectivity index (χ1n) is 12.9. The number of nitrogens with zero attached hydrogens (tertiary/aromatic N) is 5. The van der Waals surface area contributed by atoms with E-state index >= 15 is 0 Å². The highest BCUT2D eigenvalue weighted by Gasteiger charge is 2.35. The smallest absolute Gasteiger partial charge is 0.231 e. The van der Waals surface area contributed by atoms with Crippen LogP contribution >= 0.6 is 0 Å². The number of ether oxygens (including phenoxy) is 2. The summed E-state index contributed by atoms with van der Waals surface area (Å²) in [6, 6.07) is 14.1. The van der Waals surface area contributed by atoms with E-state index in [9.17, 15) is 4.79 Å². The number of piperidine rings is 1. The Hall–Kier alpha value is -4.14. The molecule has 7 rings (SSSR count). The number of likely N-dealkylation sites (tertiary alicyclic amines) is 1. The molecule has 0 bridgehead atoms. The topological polar surface area (TPSA) is 94.4 Å².